The van der Waals surface area contributed by atoms with Gasteiger partial charge in [0.05, 0.1) is 0 Å². The molecule has 22 heavy (non-hydrogen) atoms. The normalized spacial score (nSPS) is 17.4. The van der Waals surface area contributed by atoms with Crippen LogP contribution in [0.25, 0.3) is 0 Å². The summed E-state index contributed by atoms with van der Waals surface area (Å²) in [6, 6.07) is 7.64. The minimum absolute atomic E-state index is 0.0494. The summed E-state index contributed by atoms with van der Waals surface area (Å²) in [5.41, 5.74) is 0. The first-order valence-electron chi connectivity index (χ1n) is 7.28. The van der Waals surface area contributed by atoms with Crippen LogP contribution < -0.4 is 10.1 Å². The quantitative estimate of drug-likeness (QED) is 0.757. The molecule has 0 aliphatic carbocycles. The molecule has 0 saturated carbocycles. The van der Waals surface area contributed by atoms with Gasteiger partial charge in [0.2, 0.25) is 5.82 Å². The lowest BCUT2D eigenvalue weighted by molar-refractivity contribution is 0.147. The molecule has 1 aliphatic rings. The molecule has 1 fully saturated rings. The second-order valence-electron chi connectivity index (χ2n) is 5.28. The SMILES string of the molecule is FC(c1nc(COc2ccc(I)cc2)no1)C1CCNCC1. The average Bonchev–Trinajstić information content (AvgIpc) is 3.03. The molecule has 118 valence electrons. The van der Waals surface area contributed by atoms with E-state index in [1.807, 2.05) is 24.3 Å². The summed E-state index contributed by atoms with van der Waals surface area (Å²) in [5, 5.41) is 7.01. The molecule has 3 rings (SSSR count). The van der Waals surface area contributed by atoms with Crippen molar-refractivity contribution in [2.45, 2.75) is 25.6 Å². The third kappa shape index (κ3) is 3.95. The van der Waals surface area contributed by atoms with Gasteiger partial charge in [-0.15, -0.1) is 0 Å². The fraction of sp³-hybridized carbons (Fsp3) is 0.467. The number of nitrogens with one attached hydrogen (secondary N) is 1. The van der Waals surface area contributed by atoms with Crippen molar-refractivity contribution in [1.82, 2.24) is 15.5 Å². The number of ether oxygens (including phenoxy) is 1. The standard InChI is InChI=1S/C15H17FIN3O2/c16-14(10-5-7-18-8-6-10)15-19-13(20-22-15)9-21-12-3-1-11(17)2-4-12/h1-4,10,14,18H,5-9H2. The Labute approximate surface area is 141 Å². The van der Waals surface area contributed by atoms with Crippen molar-refractivity contribution in [3.05, 3.63) is 39.6 Å². The number of nitrogens with zero attached hydrogens (tertiary/aromatic N) is 2. The molecule has 1 aromatic carbocycles. The van der Waals surface area contributed by atoms with E-state index < -0.39 is 6.17 Å². The minimum Gasteiger partial charge on any atom is -0.485 e. The first-order valence-corrected chi connectivity index (χ1v) is 8.36. The summed E-state index contributed by atoms with van der Waals surface area (Å²) in [6.07, 6.45) is 0.387. The van der Waals surface area contributed by atoms with E-state index in [-0.39, 0.29) is 18.4 Å². The largest absolute Gasteiger partial charge is 0.485 e. The Hall–Kier alpha value is -1.22. The summed E-state index contributed by atoms with van der Waals surface area (Å²) >= 11 is 2.23. The molecule has 0 amide bonds. The summed E-state index contributed by atoms with van der Waals surface area (Å²) in [5.74, 6) is 1.10. The van der Waals surface area contributed by atoms with Crippen LogP contribution in [0.5, 0.6) is 5.75 Å². The summed E-state index contributed by atoms with van der Waals surface area (Å²) < 4.78 is 26.1. The predicted molar refractivity (Wildman–Crippen MR) is 87.2 cm³/mol. The van der Waals surface area contributed by atoms with Crippen LogP contribution in [0.4, 0.5) is 4.39 Å². The maximum Gasteiger partial charge on any atom is 0.261 e. The Bertz CT molecular complexity index is 599. The third-order valence-electron chi connectivity index (χ3n) is 3.70. The number of aromatic nitrogens is 2. The fourth-order valence-corrected chi connectivity index (χ4v) is 2.81. The number of benzene rings is 1. The Morgan fingerprint density at radius 3 is 2.77 bits per heavy atom. The Morgan fingerprint density at radius 1 is 1.32 bits per heavy atom. The van der Waals surface area contributed by atoms with E-state index >= 15 is 0 Å². The maximum atomic E-state index is 14.4. The van der Waals surface area contributed by atoms with Crippen LogP contribution in [0, 0.1) is 9.49 Å². The van der Waals surface area contributed by atoms with Crippen LogP contribution in [0.2, 0.25) is 0 Å². The van der Waals surface area contributed by atoms with Gasteiger partial charge in [-0.25, -0.2) is 4.39 Å². The molecule has 1 atom stereocenters. The van der Waals surface area contributed by atoms with Crippen LogP contribution in [-0.2, 0) is 6.61 Å². The predicted octanol–water partition coefficient (Wildman–Crippen LogP) is 3.26. The molecule has 0 spiro atoms. The van der Waals surface area contributed by atoms with Crippen LogP contribution >= 0.6 is 22.6 Å². The number of rotatable bonds is 5. The minimum atomic E-state index is -1.19. The number of alkyl halides is 1. The molecule has 2 heterocycles. The summed E-state index contributed by atoms with van der Waals surface area (Å²) in [4.78, 5) is 4.12. The van der Waals surface area contributed by atoms with Crippen LogP contribution in [0.1, 0.15) is 30.7 Å². The zero-order valence-electron chi connectivity index (χ0n) is 12.0. The molecular formula is C15H17FIN3O2. The van der Waals surface area contributed by atoms with E-state index in [1.165, 1.54) is 0 Å². The maximum absolute atomic E-state index is 14.4. The van der Waals surface area contributed by atoms with Gasteiger partial charge in [-0.2, -0.15) is 4.98 Å². The molecule has 1 N–H and O–H groups in total. The van der Waals surface area contributed by atoms with Crippen molar-refractivity contribution >= 4 is 22.6 Å². The molecule has 7 heteroatoms. The van der Waals surface area contributed by atoms with E-state index in [4.69, 9.17) is 9.26 Å². The number of halogens is 2. The Morgan fingerprint density at radius 2 is 2.05 bits per heavy atom. The monoisotopic (exact) mass is 417 g/mol. The molecule has 1 unspecified atom stereocenters. The van der Waals surface area contributed by atoms with E-state index in [0.717, 1.165) is 35.3 Å². The zero-order valence-corrected chi connectivity index (χ0v) is 14.1. The lowest BCUT2D eigenvalue weighted by atomic mass is 9.93. The van der Waals surface area contributed by atoms with Crippen molar-refractivity contribution in [2.75, 3.05) is 13.1 Å². The van der Waals surface area contributed by atoms with Gasteiger partial charge in [-0.05, 0) is 72.8 Å². The fourth-order valence-electron chi connectivity index (χ4n) is 2.46. The van der Waals surface area contributed by atoms with Gasteiger partial charge >= 0.3 is 0 Å². The van der Waals surface area contributed by atoms with Gasteiger partial charge in [-0.1, -0.05) is 5.16 Å². The number of hydrogen-bond donors (Lipinski definition) is 1. The van der Waals surface area contributed by atoms with Crippen molar-refractivity contribution in [3.8, 4) is 5.75 Å². The highest BCUT2D eigenvalue weighted by atomic mass is 127. The topological polar surface area (TPSA) is 60.2 Å². The molecule has 0 radical (unpaired) electrons. The summed E-state index contributed by atoms with van der Waals surface area (Å²) in [7, 11) is 0. The number of hydrogen-bond acceptors (Lipinski definition) is 5. The first kappa shape index (κ1) is 15.7. The highest BCUT2D eigenvalue weighted by molar-refractivity contribution is 14.1. The van der Waals surface area contributed by atoms with Crippen molar-refractivity contribution < 1.29 is 13.7 Å². The summed E-state index contributed by atoms with van der Waals surface area (Å²) in [6.45, 7) is 1.84. The van der Waals surface area contributed by atoms with Crippen molar-refractivity contribution in [1.29, 1.82) is 0 Å². The van der Waals surface area contributed by atoms with E-state index in [0.29, 0.717) is 5.82 Å². The molecule has 5 nitrogen and oxygen atoms in total. The second-order valence-corrected chi connectivity index (χ2v) is 6.53. The Balaban J connectivity index is 1.57. The highest BCUT2D eigenvalue weighted by Crippen LogP contribution is 2.31. The Kier molecular flexibility index (Phi) is 5.24. The van der Waals surface area contributed by atoms with E-state index in [2.05, 4.69) is 38.0 Å². The van der Waals surface area contributed by atoms with Crippen LogP contribution in [0.3, 0.4) is 0 Å². The van der Waals surface area contributed by atoms with Gasteiger partial charge in [0, 0.05) is 9.49 Å². The lowest BCUT2D eigenvalue weighted by Gasteiger charge is -2.23. The molecular weight excluding hydrogens is 400 g/mol. The van der Waals surface area contributed by atoms with Crippen LogP contribution in [0.15, 0.2) is 28.8 Å². The zero-order chi connectivity index (χ0) is 15.4. The van der Waals surface area contributed by atoms with Gasteiger partial charge < -0.3 is 14.6 Å². The third-order valence-corrected chi connectivity index (χ3v) is 4.42. The lowest BCUT2D eigenvalue weighted by Crippen LogP contribution is -2.29. The number of piperidine rings is 1. The highest BCUT2D eigenvalue weighted by Gasteiger charge is 2.29. The molecule has 1 saturated heterocycles. The van der Waals surface area contributed by atoms with Crippen LogP contribution in [-0.4, -0.2) is 23.2 Å². The molecule has 2 aromatic rings. The molecule has 0 bridgehead atoms. The average molecular weight is 417 g/mol. The second kappa shape index (κ2) is 7.36. The smallest absolute Gasteiger partial charge is 0.261 e. The first-order chi connectivity index (χ1) is 10.7. The van der Waals surface area contributed by atoms with E-state index in [1.54, 1.807) is 0 Å². The molecule has 1 aromatic heterocycles. The molecule has 1 aliphatic heterocycles. The van der Waals surface area contributed by atoms with Crippen molar-refractivity contribution in [2.24, 2.45) is 5.92 Å². The van der Waals surface area contributed by atoms with E-state index in [9.17, 15) is 4.39 Å². The van der Waals surface area contributed by atoms with Gasteiger partial charge in [0.1, 0.15) is 5.75 Å². The van der Waals surface area contributed by atoms with Gasteiger partial charge in [-0.3, -0.25) is 0 Å². The van der Waals surface area contributed by atoms with Crippen molar-refractivity contribution in [3.63, 3.8) is 0 Å². The van der Waals surface area contributed by atoms with Gasteiger partial charge in [0.25, 0.3) is 5.89 Å². The van der Waals surface area contributed by atoms with Gasteiger partial charge in [0.15, 0.2) is 12.8 Å².